The van der Waals surface area contributed by atoms with Gasteiger partial charge in [0.1, 0.15) is 0 Å². The van der Waals surface area contributed by atoms with E-state index in [9.17, 15) is 0 Å². The smallest absolute Gasteiger partial charge is 0.0406 e. The van der Waals surface area contributed by atoms with Crippen molar-refractivity contribution in [3.05, 3.63) is 34.9 Å². The Bertz CT molecular complexity index is 371. The molecule has 1 unspecified atom stereocenters. The quantitative estimate of drug-likeness (QED) is 0.908. The number of benzene rings is 1. The predicted molar refractivity (Wildman–Crippen MR) is 78.0 cm³/mol. The maximum Gasteiger partial charge on any atom is 0.0406 e. The van der Waals surface area contributed by atoms with Gasteiger partial charge >= 0.3 is 0 Å². The van der Waals surface area contributed by atoms with Crippen LogP contribution in [0.15, 0.2) is 24.3 Å². The topological polar surface area (TPSA) is 29.3 Å². The third-order valence-electron chi connectivity index (χ3n) is 4.06. The van der Waals surface area contributed by atoms with Crippen LogP contribution in [0.1, 0.15) is 31.7 Å². The van der Waals surface area contributed by atoms with Crippen molar-refractivity contribution in [1.29, 1.82) is 0 Å². The molecule has 0 saturated carbocycles. The van der Waals surface area contributed by atoms with Crippen LogP contribution in [0.3, 0.4) is 0 Å². The highest BCUT2D eigenvalue weighted by atomic mass is 35.5. The second-order valence-corrected chi connectivity index (χ2v) is 5.99. The lowest BCUT2D eigenvalue weighted by atomic mass is 9.89. The summed E-state index contributed by atoms with van der Waals surface area (Å²) in [5, 5.41) is 0.797. The van der Waals surface area contributed by atoms with E-state index in [-0.39, 0.29) is 5.54 Å². The van der Waals surface area contributed by atoms with Gasteiger partial charge in [-0.2, -0.15) is 0 Å². The van der Waals surface area contributed by atoms with Crippen LogP contribution in [0, 0.1) is 0 Å². The molecule has 18 heavy (non-hydrogen) atoms. The third kappa shape index (κ3) is 3.25. The van der Waals surface area contributed by atoms with Crippen molar-refractivity contribution in [3.8, 4) is 0 Å². The van der Waals surface area contributed by atoms with Crippen molar-refractivity contribution in [2.45, 2.75) is 38.1 Å². The Kier molecular flexibility index (Phi) is 4.66. The maximum absolute atomic E-state index is 6.05. The highest BCUT2D eigenvalue weighted by Gasteiger charge is 2.31. The number of nitrogens with zero attached hydrogens (tertiary/aromatic N) is 1. The first-order valence-electron chi connectivity index (χ1n) is 6.84. The molecule has 1 heterocycles. The molecule has 0 aromatic heterocycles. The summed E-state index contributed by atoms with van der Waals surface area (Å²) < 4.78 is 0. The molecule has 2 rings (SSSR count). The van der Waals surface area contributed by atoms with Crippen molar-refractivity contribution >= 4 is 11.6 Å². The van der Waals surface area contributed by atoms with Crippen LogP contribution in [0.25, 0.3) is 0 Å². The van der Waals surface area contributed by atoms with E-state index in [1.54, 1.807) is 0 Å². The largest absolute Gasteiger partial charge is 0.329 e. The number of hydrogen-bond donors (Lipinski definition) is 1. The number of piperidine rings is 1. The Morgan fingerprint density at radius 2 is 1.78 bits per heavy atom. The molecule has 0 spiro atoms. The highest BCUT2D eigenvalue weighted by Crippen LogP contribution is 2.24. The minimum Gasteiger partial charge on any atom is -0.329 e. The molecular weight excluding hydrogens is 244 g/mol. The average Bonchev–Trinajstić information content (AvgIpc) is 2.42. The Labute approximate surface area is 115 Å². The fraction of sp³-hybridized carbons (Fsp3) is 0.600. The fourth-order valence-electron chi connectivity index (χ4n) is 2.79. The molecule has 0 radical (unpaired) electrons. The zero-order valence-electron chi connectivity index (χ0n) is 11.2. The van der Waals surface area contributed by atoms with E-state index in [0.29, 0.717) is 6.54 Å². The van der Waals surface area contributed by atoms with Crippen LogP contribution in [-0.4, -0.2) is 30.1 Å². The first kappa shape index (κ1) is 13.9. The number of likely N-dealkylation sites (tertiary alicyclic amines) is 1. The summed E-state index contributed by atoms with van der Waals surface area (Å²) in [4.78, 5) is 2.56. The summed E-state index contributed by atoms with van der Waals surface area (Å²) in [5.74, 6) is 0. The standard InChI is InChI=1S/C15H23ClN2/c1-15(12-17,18-9-3-2-4-10-18)11-13-5-7-14(16)8-6-13/h5-8H,2-4,9-12,17H2,1H3. The lowest BCUT2D eigenvalue weighted by Crippen LogP contribution is -2.54. The van der Waals surface area contributed by atoms with E-state index >= 15 is 0 Å². The summed E-state index contributed by atoms with van der Waals surface area (Å²) in [5.41, 5.74) is 7.44. The van der Waals surface area contributed by atoms with Crippen molar-refractivity contribution in [2.75, 3.05) is 19.6 Å². The molecule has 0 bridgehead atoms. The Balaban J connectivity index is 2.08. The first-order chi connectivity index (χ1) is 8.64. The van der Waals surface area contributed by atoms with Crippen LogP contribution in [0.5, 0.6) is 0 Å². The molecule has 1 aliphatic heterocycles. The second kappa shape index (κ2) is 6.05. The summed E-state index contributed by atoms with van der Waals surface area (Å²) in [6, 6.07) is 8.15. The van der Waals surface area contributed by atoms with E-state index in [0.717, 1.165) is 11.4 Å². The molecule has 2 N–H and O–H groups in total. The lowest BCUT2D eigenvalue weighted by molar-refractivity contribution is 0.0870. The summed E-state index contributed by atoms with van der Waals surface area (Å²) in [7, 11) is 0. The van der Waals surface area contributed by atoms with E-state index < -0.39 is 0 Å². The normalized spacial score (nSPS) is 20.6. The van der Waals surface area contributed by atoms with Gasteiger partial charge in [-0.15, -0.1) is 0 Å². The second-order valence-electron chi connectivity index (χ2n) is 5.55. The Morgan fingerprint density at radius 3 is 2.33 bits per heavy atom. The fourth-order valence-corrected chi connectivity index (χ4v) is 2.91. The molecule has 1 fully saturated rings. The van der Waals surface area contributed by atoms with Gasteiger partial charge in [-0.1, -0.05) is 30.2 Å². The molecule has 1 saturated heterocycles. The van der Waals surface area contributed by atoms with Crippen molar-refractivity contribution in [3.63, 3.8) is 0 Å². The Morgan fingerprint density at radius 1 is 1.17 bits per heavy atom. The predicted octanol–water partition coefficient (Wildman–Crippen LogP) is 3.09. The SMILES string of the molecule is CC(CN)(Cc1ccc(Cl)cc1)N1CCCCC1. The summed E-state index contributed by atoms with van der Waals surface area (Å²) in [6.07, 6.45) is 4.96. The van der Waals surface area contributed by atoms with E-state index in [4.69, 9.17) is 17.3 Å². The molecule has 2 nitrogen and oxygen atoms in total. The van der Waals surface area contributed by atoms with Gasteiger partial charge in [-0.3, -0.25) is 4.90 Å². The number of hydrogen-bond acceptors (Lipinski definition) is 2. The molecule has 1 aliphatic rings. The Hall–Kier alpha value is -0.570. The first-order valence-corrected chi connectivity index (χ1v) is 7.21. The van der Waals surface area contributed by atoms with Crippen LogP contribution >= 0.6 is 11.6 Å². The van der Waals surface area contributed by atoms with Gasteiger partial charge < -0.3 is 5.73 Å². The van der Waals surface area contributed by atoms with Gasteiger partial charge in [-0.05, 0) is 57.0 Å². The number of halogens is 1. The van der Waals surface area contributed by atoms with E-state index in [1.807, 2.05) is 12.1 Å². The van der Waals surface area contributed by atoms with Crippen LogP contribution in [0.4, 0.5) is 0 Å². The van der Waals surface area contributed by atoms with Gasteiger partial charge in [0.15, 0.2) is 0 Å². The molecule has 3 heteroatoms. The molecule has 1 aromatic carbocycles. The van der Waals surface area contributed by atoms with Gasteiger partial charge in [0.2, 0.25) is 0 Å². The number of rotatable bonds is 4. The van der Waals surface area contributed by atoms with E-state index in [2.05, 4.69) is 24.0 Å². The maximum atomic E-state index is 6.05. The van der Waals surface area contributed by atoms with Crippen LogP contribution < -0.4 is 5.73 Å². The lowest BCUT2D eigenvalue weighted by Gasteiger charge is -2.43. The van der Waals surface area contributed by atoms with Gasteiger partial charge in [0.25, 0.3) is 0 Å². The van der Waals surface area contributed by atoms with Crippen molar-refractivity contribution in [1.82, 2.24) is 4.90 Å². The molecule has 0 amide bonds. The minimum absolute atomic E-state index is 0.0776. The monoisotopic (exact) mass is 266 g/mol. The van der Waals surface area contributed by atoms with Gasteiger partial charge in [-0.25, -0.2) is 0 Å². The van der Waals surface area contributed by atoms with Crippen LogP contribution in [0.2, 0.25) is 5.02 Å². The molecule has 0 aliphatic carbocycles. The minimum atomic E-state index is 0.0776. The molecule has 1 atom stereocenters. The highest BCUT2D eigenvalue weighted by molar-refractivity contribution is 6.30. The average molecular weight is 267 g/mol. The number of nitrogens with two attached hydrogens (primary N) is 1. The molecular formula is C15H23ClN2. The zero-order valence-corrected chi connectivity index (χ0v) is 11.9. The van der Waals surface area contributed by atoms with E-state index in [1.165, 1.54) is 37.9 Å². The summed E-state index contributed by atoms with van der Waals surface area (Å²) >= 11 is 5.93. The van der Waals surface area contributed by atoms with Crippen molar-refractivity contribution < 1.29 is 0 Å². The molecule has 1 aromatic rings. The van der Waals surface area contributed by atoms with Gasteiger partial charge in [0.05, 0.1) is 0 Å². The summed E-state index contributed by atoms with van der Waals surface area (Å²) in [6.45, 7) is 5.35. The van der Waals surface area contributed by atoms with Crippen LogP contribution in [-0.2, 0) is 6.42 Å². The van der Waals surface area contributed by atoms with Gasteiger partial charge in [0, 0.05) is 17.1 Å². The zero-order chi connectivity index (χ0) is 13.0. The van der Waals surface area contributed by atoms with Crippen molar-refractivity contribution in [2.24, 2.45) is 5.73 Å². The molecule has 100 valence electrons. The third-order valence-corrected chi connectivity index (χ3v) is 4.31.